The Balaban J connectivity index is 1.34. The van der Waals surface area contributed by atoms with Gasteiger partial charge in [0.2, 0.25) is 0 Å². The fourth-order valence-electron chi connectivity index (χ4n) is 7.44. The quantitative estimate of drug-likeness (QED) is 0.143. The molecule has 3 atom stereocenters. The third kappa shape index (κ3) is 6.57. The number of nitrogens with two attached hydrogens (primary N) is 1. The average Bonchev–Trinajstić information content (AvgIpc) is 3.67. The fourth-order valence-corrected chi connectivity index (χ4v) is 7.44. The van der Waals surface area contributed by atoms with Crippen LogP contribution in [0.1, 0.15) is 72.4 Å². The summed E-state index contributed by atoms with van der Waals surface area (Å²) in [6.45, 7) is 2.27. The molecule has 3 N–H and O–H groups in total. The van der Waals surface area contributed by atoms with Gasteiger partial charge >= 0.3 is 6.18 Å². The lowest BCUT2D eigenvalue weighted by molar-refractivity contribution is -0.142. The summed E-state index contributed by atoms with van der Waals surface area (Å²) in [5.41, 5.74) is 4.06. The minimum atomic E-state index is -5.01. The molecule has 0 radical (unpaired) electrons. The van der Waals surface area contributed by atoms with Gasteiger partial charge in [-0.25, -0.2) is 13.8 Å². The molecular formula is C37H32F7N5O2. The largest absolute Gasteiger partial charge is 0.435 e. The van der Waals surface area contributed by atoms with Gasteiger partial charge in [0.1, 0.15) is 29.7 Å². The lowest BCUT2D eigenvalue weighted by Gasteiger charge is -2.23. The molecule has 0 bridgehead atoms. The molecule has 14 heteroatoms. The number of nitrogen functional groups attached to an aromatic ring is 1. The van der Waals surface area contributed by atoms with E-state index in [1.807, 2.05) is 0 Å². The van der Waals surface area contributed by atoms with Gasteiger partial charge in [-0.3, -0.25) is 14.5 Å². The normalized spacial score (nSPS) is 18.5. The number of halogens is 7. The molecule has 0 saturated heterocycles. The second-order valence-corrected chi connectivity index (χ2v) is 14.1. The van der Waals surface area contributed by atoms with E-state index in [2.05, 4.69) is 10.1 Å². The van der Waals surface area contributed by atoms with Gasteiger partial charge in [0.15, 0.2) is 11.5 Å². The first-order valence-electron chi connectivity index (χ1n) is 16.3. The van der Waals surface area contributed by atoms with Crippen LogP contribution in [0.25, 0.3) is 21.9 Å². The summed E-state index contributed by atoms with van der Waals surface area (Å²) in [5.74, 6) is -9.07. The van der Waals surface area contributed by atoms with Gasteiger partial charge in [0, 0.05) is 59.1 Å². The van der Waals surface area contributed by atoms with Gasteiger partial charge < -0.3 is 10.8 Å². The predicted molar refractivity (Wildman–Crippen MR) is 174 cm³/mol. The summed E-state index contributed by atoms with van der Waals surface area (Å²) in [7, 11) is 0. The molecule has 2 aliphatic carbocycles. The van der Waals surface area contributed by atoms with Crippen molar-refractivity contribution in [2.45, 2.75) is 75.6 Å². The van der Waals surface area contributed by atoms with Crippen LogP contribution in [-0.4, -0.2) is 36.2 Å². The SMILES string of the molecule is CC(C)(O)Cc1ccc(-c2cccc3c(N)nccc23)c([C@@H](CC(=O)Cn2nc(C(F)(F)F)c3c2C(F)(F)[C@@H]2C[C@H]32)Cc2cc(F)cc(F)c2)n1. The monoisotopic (exact) mass is 711 g/mol. The third-order valence-electron chi connectivity index (χ3n) is 9.51. The number of nitrogens with zero attached hydrogens (tertiary/aromatic N) is 4. The van der Waals surface area contributed by atoms with Crippen molar-refractivity contribution < 1.29 is 40.6 Å². The van der Waals surface area contributed by atoms with Crippen molar-refractivity contribution in [3.05, 3.63) is 106 Å². The number of hydrogen-bond acceptors (Lipinski definition) is 6. The van der Waals surface area contributed by atoms with Crippen molar-refractivity contribution in [3.63, 3.8) is 0 Å². The highest BCUT2D eigenvalue weighted by Crippen LogP contribution is 2.68. The van der Waals surface area contributed by atoms with Crippen molar-refractivity contribution in [1.29, 1.82) is 0 Å². The number of hydrogen-bond donors (Lipinski definition) is 2. The van der Waals surface area contributed by atoms with E-state index in [0.717, 1.165) is 12.1 Å². The zero-order chi connectivity index (χ0) is 36.6. The number of fused-ring (bicyclic) bond motifs is 4. The molecule has 5 aromatic rings. The van der Waals surface area contributed by atoms with Crippen LogP contribution in [0, 0.1) is 17.6 Å². The maximum absolute atomic E-state index is 15.3. The third-order valence-corrected chi connectivity index (χ3v) is 9.51. The van der Waals surface area contributed by atoms with Crippen molar-refractivity contribution in [2.75, 3.05) is 5.73 Å². The Morgan fingerprint density at radius 3 is 2.45 bits per heavy atom. The number of alkyl halides is 5. The summed E-state index contributed by atoms with van der Waals surface area (Å²) < 4.78 is 102. The molecule has 7 nitrogen and oxygen atoms in total. The highest BCUT2D eigenvalue weighted by atomic mass is 19.4. The van der Waals surface area contributed by atoms with E-state index in [4.69, 9.17) is 10.7 Å². The maximum atomic E-state index is 15.3. The number of ketones is 1. The van der Waals surface area contributed by atoms with Gasteiger partial charge in [-0.15, -0.1) is 0 Å². The van der Waals surface area contributed by atoms with E-state index < -0.39 is 82.8 Å². The van der Waals surface area contributed by atoms with Crippen molar-refractivity contribution in [1.82, 2.24) is 19.7 Å². The van der Waals surface area contributed by atoms with Crippen LogP contribution in [0.5, 0.6) is 0 Å². The van der Waals surface area contributed by atoms with E-state index in [0.29, 0.717) is 38.3 Å². The molecule has 2 aliphatic rings. The molecule has 3 aromatic heterocycles. The summed E-state index contributed by atoms with van der Waals surface area (Å²) in [6, 6.07) is 13.3. The first-order valence-corrected chi connectivity index (χ1v) is 16.3. The highest BCUT2D eigenvalue weighted by Gasteiger charge is 2.68. The molecule has 0 amide bonds. The topological polar surface area (TPSA) is 107 Å². The molecule has 1 fully saturated rings. The molecule has 2 aromatic carbocycles. The highest BCUT2D eigenvalue weighted by molar-refractivity contribution is 6.01. The second-order valence-electron chi connectivity index (χ2n) is 14.1. The van der Waals surface area contributed by atoms with E-state index >= 15 is 8.78 Å². The molecule has 0 aliphatic heterocycles. The Kier molecular flexibility index (Phi) is 8.23. The van der Waals surface area contributed by atoms with Crippen LogP contribution in [0.4, 0.5) is 36.6 Å². The first kappa shape index (κ1) is 34.6. The van der Waals surface area contributed by atoms with E-state index in [9.17, 15) is 31.9 Å². The van der Waals surface area contributed by atoms with Crippen LogP contribution >= 0.6 is 0 Å². The summed E-state index contributed by atoms with van der Waals surface area (Å²) in [6.07, 6.45) is -4.13. The first-order chi connectivity index (χ1) is 23.9. The van der Waals surface area contributed by atoms with Gasteiger partial charge in [0.25, 0.3) is 5.92 Å². The molecule has 3 heterocycles. The van der Waals surface area contributed by atoms with Gasteiger partial charge in [0.05, 0.1) is 11.3 Å². The fraction of sp³-hybridized carbons (Fsp3) is 0.351. The summed E-state index contributed by atoms with van der Waals surface area (Å²) in [4.78, 5) is 22.9. The number of Topliss-reactive ketones (excluding diaryl/α,β-unsaturated/α-hetero) is 1. The van der Waals surface area contributed by atoms with Crippen molar-refractivity contribution in [2.24, 2.45) is 5.92 Å². The van der Waals surface area contributed by atoms with Gasteiger partial charge in [-0.1, -0.05) is 24.3 Å². The number of aliphatic hydroxyl groups is 1. The number of aromatic nitrogens is 4. The minimum Gasteiger partial charge on any atom is -0.390 e. The number of anilines is 1. The Morgan fingerprint density at radius 1 is 1.04 bits per heavy atom. The number of pyridine rings is 2. The van der Waals surface area contributed by atoms with E-state index in [1.54, 1.807) is 50.2 Å². The van der Waals surface area contributed by atoms with Crippen molar-refractivity contribution >= 4 is 22.4 Å². The molecule has 0 unspecified atom stereocenters. The lowest BCUT2D eigenvalue weighted by atomic mass is 9.85. The Morgan fingerprint density at radius 2 is 1.76 bits per heavy atom. The molecule has 51 heavy (non-hydrogen) atoms. The van der Waals surface area contributed by atoms with E-state index in [-0.39, 0.29) is 36.3 Å². The zero-order valence-corrected chi connectivity index (χ0v) is 27.4. The smallest absolute Gasteiger partial charge is 0.390 e. The van der Waals surface area contributed by atoms with Crippen molar-refractivity contribution in [3.8, 4) is 11.1 Å². The molecular weight excluding hydrogens is 679 g/mol. The van der Waals surface area contributed by atoms with Crippen LogP contribution in [-0.2, 0) is 36.3 Å². The average molecular weight is 712 g/mol. The van der Waals surface area contributed by atoms with Gasteiger partial charge in [-0.05, 0) is 73.4 Å². The second kappa shape index (κ2) is 12.1. The van der Waals surface area contributed by atoms with Crippen LogP contribution in [0.2, 0.25) is 0 Å². The summed E-state index contributed by atoms with van der Waals surface area (Å²) in [5, 5.41) is 15.4. The summed E-state index contributed by atoms with van der Waals surface area (Å²) >= 11 is 0. The Bertz CT molecular complexity index is 2170. The molecule has 0 spiro atoms. The number of benzene rings is 2. The Hall–Kier alpha value is -4.85. The van der Waals surface area contributed by atoms with Crippen LogP contribution < -0.4 is 5.73 Å². The minimum absolute atomic E-state index is 0.0823. The standard InChI is InChI=1S/C37H32F7N5O2/c1-35(2,51)16-22-6-7-26(24-4-3-5-27-25(24)8-9-46-34(27)45)31(47-22)19(10-18-11-20(38)14-21(39)12-18)13-23(50)17-49-33-30(32(48-49)37(42,43)44)28-15-29(28)36(33,40)41/h3-9,11-12,14,19,28-29,51H,10,13,15-17H2,1-2H3,(H2,45,46)/t19-,28+,29-/m1/s1. The number of carbonyl (C=O) groups is 1. The Labute approximate surface area is 287 Å². The lowest BCUT2D eigenvalue weighted by Crippen LogP contribution is -2.25. The predicted octanol–water partition coefficient (Wildman–Crippen LogP) is 7.88. The maximum Gasteiger partial charge on any atom is 0.435 e. The van der Waals surface area contributed by atoms with Gasteiger partial charge in [-0.2, -0.15) is 27.1 Å². The van der Waals surface area contributed by atoms with Crippen LogP contribution in [0.3, 0.4) is 0 Å². The van der Waals surface area contributed by atoms with E-state index in [1.165, 1.54) is 6.20 Å². The number of rotatable bonds is 10. The number of carbonyl (C=O) groups excluding carboxylic acids is 1. The molecule has 266 valence electrons. The molecule has 7 rings (SSSR count). The zero-order valence-electron chi connectivity index (χ0n) is 27.4. The van der Waals surface area contributed by atoms with Crippen LogP contribution in [0.15, 0.2) is 60.8 Å². The molecule has 1 saturated carbocycles.